The van der Waals surface area contributed by atoms with Crippen LogP contribution in [0.15, 0.2) is 29.3 Å². The van der Waals surface area contributed by atoms with Gasteiger partial charge in [-0.25, -0.2) is 14.6 Å². The molecule has 7 heteroatoms. The summed E-state index contributed by atoms with van der Waals surface area (Å²) in [5, 5.41) is 4.37. The smallest absolute Gasteiger partial charge is 0.266 e. The second-order valence-electron chi connectivity index (χ2n) is 6.50. The molecule has 0 bridgehead atoms. The lowest BCUT2D eigenvalue weighted by molar-refractivity contribution is 0.533. The lowest BCUT2D eigenvalue weighted by Crippen LogP contribution is -2.31. The highest BCUT2D eigenvalue weighted by Gasteiger charge is 2.41. The van der Waals surface area contributed by atoms with Crippen molar-refractivity contribution >= 4 is 11.6 Å². The highest BCUT2D eigenvalue weighted by Crippen LogP contribution is 2.34. The van der Waals surface area contributed by atoms with Gasteiger partial charge in [-0.3, -0.25) is 4.79 Å². The van der Waals surface area contributed by atoms with Crippen molar-refractivity contribution in [3.05, 3.63) is 40.6 Å². The van der Waals surface area contributed by atoms with E-state index in [-0.39, 0.29) is 5.56 Å². The van der Waals surface area contributed by atoms with Gasteiger partial charge in [0.05, 0.1) is 0 Å². The van der Waals surface area contributed by atoms with Gasteiger partial charge in [-0.1, -0.05) is 0 Å². The number of hydrogen-bond acceptors (Lipinski definition) is 6. The number of aryl methyl sites for hydroxylation is 2. The van der Waals surface area contributed by atoms with E-state index in [1.165, 1.54) is 4.68 Å². The minimum absolute atomic E-state index is 0.0709. The summed E-state index contributed by atoms with van der Waals surface area (Å²) in [6, 6.07) is 5.47. The first-order valence-corrected chi connectivity index (χ1v) is 7.93. The maximum Gasteiger partial charge on any atom is 0.266 e. The summed E-state index contributed by atoms with van der Waals surface area (Å²) in [4.78, 5) is 24.7. The highest BCUT2D eigenvalue weighted by molar-refractivity contribution is 5.44. The quantitative estimate of drug-likeness (QED) is 0.802. The van der Waals surface area contributed by atoms with Crippen LogP contribution in [0.4, 0.5) is 11.6 Å². The van der Waals surface area contributed by atoms with E-state index in [0.29, 0.717) is 11.8 Å². The van der Waals surface area contributed by atoms with Crippen molar-refractivity contribution in [3.63, 3.8) is 0 Å². The molecular formula is C16H20N6O. The fourth-order valence-corrected chi connectivity index (χ4v) is 3.64. The van der Waals surface area contributed by atoms with Gasteiger partial charge in [0.2, 0.25) is 0 Å². The summed E-state index contributed by atoms with van der Waals surface area (Å²) in [7, 11) is 1.70. The first-order chi connectivity index (χ1) is 11.1. The van der Waals surface area contributed by atoms with E-state index in [1.54, 1.807) is 19.4 Å². The average molecular weight is 312 g/mol. The van der Waals surface area contributed by atoms with Crippen molar-refractivity contribution in [1.29, 1.82) is 0 Å². The van der Waals surface area contributed by atoms with Crippen molar-refractivity contribution < 1.29 is 0 Å². The molecule has 120 valence electrons. The van der Waals surface area contributed by atoms with Crippen molar-refractivity contribution in [1.82, 2.24) is 19.7 Å². The van der Waals surface area contributed by atoms with Crippen molar-refractivity contribution in [2.75, 3.05) is 36.0 Å². The topological polar surface area (TPSA) is 67.2 Å². The molecule has 2 aliphatic rings. The third kappa shape index (κ3) is 2.56. The summed E-state index contributed by atoms with van der Waals surface area (Å²) in [5.74, 6) is 3.15. The molecule has 2 aliphatic heterocycles. The Hall–Kier alpha value is -2.44. The first kappa shape index (κ1) is 14.2. The Labute approximate surface area is 134 Å². The molecule has 7 nitrogen and oxygen atoms in total. The molecule has 4 rings (SSSR count). The van der Waals surface area contributed by atoms with Gasteiger partial charge >= 0.3 is 0 Å². The summed E-state index contributed by atoms with van der Waals surface area (Å²) < 4.78 is 1.40. The highest BCUT2D eigenvalue weighted by atomic mass is 16.1. The van der Waals surface area contributed by atoms with Crippen LogP contribution < -0.4 is 15.4 Å². The zero-order chi connectivity index (χ0) is 16.0. The van der Waals surface area contributed by atoms with Crippen LogP contribution in [0.25, 0.3) is 0 Å². The Balaban J connectivity index is 1.47. The summed E-state index contributed by atoms with van der Waals surface area (Å²) in [6.45, 7) is 5.99. The summed E-state index contributed by atoms with van der Waals surface area (Å²) >= 11 is 0. The van der Waals surface area contributed by atoms with E-state index in [2.05, 4.69) is 24.9 Å². The van der Waals surface area contributed by atoms with Crippen LogP contribution in [0.3, 0.4) is 0 Å². The van der Waals surface area contributed by atoms with Crippen LogP contribution in [-0.2, 0) is 7.05 Å². The number of nitrogens with zero attached hydrogens (tertiary/aromatic N) is 6. The lowest BCUT2D eigenvalue weighted by atomic mass is 10.0. The third-order valence-electron chi connectivity index (χ3n) is 4.87. The van der Waals surface area contributed by atoms with E-state index < -0.39 is 0 Å². The molecule has 2 atom stereocenters. The number of hydrogen-bond donors (Lipinski definition) is 0. The van der Waals surface area contributed by atoms with Crippen molar-refractivity contribution in [2.24, 2.45) is 18.9 Å². The van der Waals surface area contributed by atoms with E-state index in [1.807, 2.05) is 19.1 Å². The summed E-state index contributed by atoms with van der Waals surface area (Å²) in [6.07, 6.45) is 1.64. The monoisotopic (exact) mass is 312 g/mol. The maximum atomic E-state index is 11.5. The van der Waals surface area contributed by atoms with Crippen LogP contribution in [0.5, 0.6) is 0 Å². The molecular weight excluding hydrogens is 292 g/mol. The maximum absolute atomic E-state index is 11.5. The Kier molecular flexibility index (Phi) is 3.28. The van der Waals surface area contributed by atoms with Gasteiger partial charge in [0.15, 0.2) is 0 Å². The second kappa shape index (κ2) is 5.33. The third-order valence-corrected chi connectivity index (χ3v) is 4.87. The molecule has 2 saturated heterocycles. The predicted octanol–water partition coefficient (Wildman–Crippen LogP) is 0.451. The van der Waals surface area contributed by atoms with E-state index >= 15 is 0 Å². The van der Waals surface area contributed by atoms with Crippen LogP contribution in [0.2, 0.25) is 0 Å². The molecule has 23 heavy (non-hydrogen) atoms. The molecule has 0 saturated carbocycles. The Bertz CT molecular complexity index is 774. The van der Waals surface area contributed by atoms with Crippen molar-refractivity contribution in [3.8, 4) is 0 Å². The minimum atomic E-state index is -0.0709. The second-order valence-corrected chi connectivity index (χ2v) is 6.50. The molecule has 0 amide bonds. The zero-order valence-corrected chi connectivity index (χ0v) is 13.4. The molecule has 0 radical (unpaired) electrons. The van der Waals surface area contributed by atoms with Crippen LogP contribution in [0, 0.1) is 18.8 Å². The van der Waals surface area contributed by atoms with Gasteiger partial charge in [-0.05, 0) is 13.0 Å². The molecule has 2 aromatic rings. The molecule has 2 aromatic heterocycles. The fraction of sp³-hybridized carbons (Fsp3) is 0.500. The number of anilines is 2. The standard InChI is InChI=1S/C16H20N6O/c1-11-5-15(18-10-17-11)22-8-12-6-21(7-13(12)9-22)14-3-4-16(23)20(2)19-14/h3-5,10,12-13H,6-9H2,1-2H3. The van der Waals surface area contributed by atoms with Gasteiger partial charge in [0, 0.05) is 62.9 Å². The fourth-order valence-electron chi connectivity index (χ4n) is 3.64. The normalized spacial score (nSPS) is 23.4. The Morgan fingerprint density at radius 2 is 1.65 bits per heavy atom. The number of rotatable bonds is 2. The molecule has 0 spiro atoms. The van der Waals surface area contributed by atoms with Crippen LogP contribution in [0.1, 0.15) is 5.69 Å². The van der Waals surface area contributed by atoms with Crippen LogP contribution >= 0.6 is 0 Å². The van der Waals surface area contributed by atoms with Crippen LogP contribution in [-0.4, -0.2) is 45.9 Å². The van der Waals surface area contributed by atoms with Gasteiger partial charge in [-0.15, -0.1) is 0 Å². The molecule has 0 aliphatic carbocycles. The molecule has 0 N–H and O–H groups in total. The molecule has 2 unspecified atom stereocenters. The molecule has 2 fully saturated rings. The predicted molar refractivity (Wildman–Crippen MR) is 87.7 cm³/mol. The van der Waals surface area contributed by atoms with E-state index in [4.69, 9.17) is 0 Å². The van der Waals surface area contributed by atoms with Gasteiger partial charge < -0.3 is 9.80 Å². The largest absolute Gasteiger partial charge is 0.356 e. The average Bonchev–Trinajstić information content (AvgIpc) is 3.09. The van der Waals surface area contributed by atoms with E-state index in [9.17, 15) is 4.79 Å². The number of fused-ring (bicyclic) bond motifs is 1. The molecule has 0 aromatic carbocycles. The van der Waals surface area contributed by atoms with Crippen molar-refractivity contribution in [2.45, 2.75) is 6.92 Å². The molecule has 4 heterocycles. The van der Waals surface area contributed by atoms with Gasteiger partial charge in [-0.2, -0.15) is 5.10 Å². The Morgan fingerprint density at radius 3 is 2.26 bits per heavy atom. The zero-order valence-electron chi connectivity index (χ0n) is 13.4. The van der Waals surface area contributed by atoms with Gasteiger partial charge in [0.1, 0.15) is 18.0 Å². The van der Waals surface area contributed by atoms with E-state index in [0.717, 1.165) is 43.5 Å². The summed E-state index contributed by atoms with van der Waals surface area (Å²) in [5.41, 5.74) is 0.932. The minimum Gasteiger partial charge on any atom is -0.356 e. The van der Waals surface area contributed by atoms with Gasteiger partial charge in [0.25, 0.3) is 5.56 Å². The first-order valence-electron chi connectivity index (χ1n) is 7.93. The number of aromatic nitrogens is 4. The lowest BCUT2D eigenvalue weighted by Gasteiger charge is -2.23. The SMILES string of the molecule is Cc1cc(N2CC3CN(c4ccc(=O)n(C)n4)CC3C2)ncn1. The Morgan fingerprint density at radius 1 is 1.00 bits per heavy atom.